The molecule has 2 heterocycles. The number of fused-ring (bicyclic) bond motifs is 1. The fourth-order valence-corrected chi connectivity index (χ4v) is 3.56. The summed E-state index contributed by atoms with van der Waals surface area (Å²) in [4.78, 5) is 15.6. The maximum atomic E-state index is 12.3. The van der Waals surface area contributed by atoms with Gasteiger partial charge in [-0.05, 0) is 55.2 Å². The summed E-state index contributed by atoms with van der Waals surface area (Å²) in [7, 11) is 0. The van der Waals surface area contributed by atoms with Crippen LogP contribution in [0.5, 0.6) is 0 Å². The van der Waals surface area contributed by atoms with Gasteiger partial charge in [0.2, 0.25) is 5.91 Å². The highest BCUT2D eigenvalue weighted by Crippen LogP contribution is 2.20. The van der Waals surface area contributed by atoms with Gasteiger partial charge in [0.25, 0.3) is 0 Å². The van der Waals surface area contributed by atoms with E-state index >= 15 is 0 Å². The fraction of sp³-hybridized carbons (Fsp3) is 0.318. The molecule has 0 radical (unpaired) electrons. The molecule has 140 valence electrons. The van der Waals surface area contributed by atoms with E-state index in [0.717, 1.165) is 37.2 Å². The molecule has 3 N–H and O–H groups in total. The van der Waals surface area contributed by atoms with E-state index in [9.17, 15) is 4.79 Å². The number of amides is 1. The van der Waals surface area contributed by atoms with Crippen LogP contribution >= 0.6 is 0 Å². The van der Waals surface area contributed by atoms with E-state index in [2.05, 4.69) is 40.0 Å². The van der Waals surface area contributed by atoms with Crippen molar-refractivity contribution in [1.29, 1.82) is 0 Å². The first-order valence-corrected chi connectivity index (χ1v) is 9.57. The average molecular weight is 363 g/mol. The second-order valence-corrected chi connectivity index (χ2v) is 6.99. The summed E-state index contributed by atoms with van der Waals surface area (Å²) >= 11 is 0. The van der Waals surface area contributed by atoms with E-state index in [4.69, 9.17) is 4.74 Å². The Morgan fingerprint density at radius 1 is 1.04 bits per heavy atom. The highest BCUT2D eigenvalue weighted by atomic mass is 16.5. The van der Waals surface area contributed by atoms with E-state index in [0.29, 0.717) is 13.2 Å². The smallest absolute Gasteiger partial charge is 0.227 e. The van der Waals surface area contributed by atoms with Crippen molar-refractivity contribution >= 4 is 28.2 Å². The number of aromatic amines is 1. The number of carbonyl (C=O) groups is 1. The van der Waals surface area contributed by atoms with Crippen LogP contribution in [0, 0.1) is 5.92 Å². The highest BCUT2D eigenvalue weighted by molar-refractivity contribution is 5.92. The molecule has 1 saturated heterocycles. The van der Waals surface area contributed by atoms with E-state index in [1.807, 2.05) is 30.3 Å². The van der Waals surface area contributed by atoms with Gasteiger partial charge in [0.05, 0.1) is 0 Å². The molecule has 5 nitrogen and oxygen atoms in total. The molecular formula is C22H25N3O2. The second-order valence-electron chi connectivity index (χ2n) is 6.99. The first-order valence-electron chi connectivity index (χ1n) is 9.57. The Bertz CT molecular complexity index is 895. The lowest BCUT2D eigenvalue weighted by Gasteiger charge is -2.21. The molecular weight excluding hydrogens is 338 g/mol. The Labute approximate surface area is 159 Å². The lowest BCUT2D eigenvalue weighted by atomic mass is 9.99. The SMILES string of the molecule is O=C(Nc1ccc(NCCc2c[nH]c3ccccc23)cc1)C1CCOCC1. The van der Waals surface area contributed by atoms with Crippen molar-refractivity contribution in [3.63, 3.8) is 0 Å². The summed E-state index contributed by atoms with van der Waals surface area (Å²) < 4.78 is 5.31. The molecule has 0 unspecified atom stereocenters. The zero-order valence-electron chi connectivity index (χ0n) is 15.3. The number of ether oxygens (including phenoxy) is 1. The Morgan fingerprint density at radius 2 is 1.78 bits per heavy atom. The number of nitrogens with one attached hydrogen (secondary N) is 3. The van der Waals surface area contributed by atoms with Crippen molar-refractivity contribution in [3.05, 3.63) is 60.3 Å². The molecule has 5 heteroatoms. The van der Waals surface area contributed by atoms with Crippen molar-refractivity contribution in [2.45, 2.75) is 19.3 Å². The van der Waals surface area contributed by atoms with Crippen LogP contribution in [0.4, 0.5) is 11.4 Å². The lowest BCUT2D eigenvalue weighted by molar-refractivity contribution is -0.122. The fourth-order valence-electron chi connectivity index (χ4n) is 3.56. The third kappa shape index (κ3) is 4.31. The average Bonchev–Trinajstić information content (AvgIpc) is 3.13. The van der Waals surface area contributed by atoms with Crippen molar-refractivity contribution in [3.8, 4) is 0 Å². The van der Waals surface area contributed by atoms with Crippen molar-refractivity contribution in [2.75, 3.05) is 30.4 Å². The van der Waals surface area contributed by atoms with Crippen LogP contribution in [0.2, 0.25) is 0 Å². The van der Waals surface area contributed by atoms with Crippen molar-refractivity contribution in [1.82, 2.24) is 4.98 Å². The molecule has 0 atom stereocenters. The van der Waals surface area contributed by atoms with Gasteiger partial charge in [-0.15, -0.1) is 0 Å². The number of H-pyrrole nitrogens is 1. The number of carbonyl (C=O) groups excluding carboxylic acids is 1. The molecule has 0 spiro atoms. The first kappa shape index (κ1) is 17.6. The number of benzene rings is 2. The number of aromatic nitrogens is 1. The number of hydrogen-bond donors (Lipinski definition) is 3. The maximum Gasteiger partial charge on any atom is 0.227 e. The minimum absolute atomic E-state index is 0.0627. The Kier molecular flexibility index (Phi) is 5.39. The molecule has 0 saturated carbocycles. The van der Waals surface area contributed by atoms with Crippen molar-refractivity contribution < 1.29 is 9.53 Å². The predicted octanol–water partition coefficient (Wildman–Crippen LogP) is 4.19. The molecule has 1 amide bonds. The van der Waals surface area contributed by atoms with Gasteiger partial charge in [0.15, 0.2) is 0 Å². The Morgan fingerprint density at radius 3 is 2.59 bits per heavy atom. The van der Waals surface area contributed by atoms with Gasteiger partial charge in [-0.25, -0.2) is 0 Å². The Hall–Kier alpha value is -2.79. The largest absolute Gasteiger partial charge is 0.385 e. The monoisotopic (exact) mass is 363 g/mol. The van der Waals surface area contributed by atoms with Crippen LogP contribution in [0.1, 0.15) is 18.4 Å². The summed E-state index contributed by atoms with van der Waals surface area (Å²) in [6, 6.07) is 16.3. The van der Waals surface area contributed by atoms with Crippen molar-refractivity contribution in [2.24, 2.45) is 5.92 Å². The van der Waals surface area contributed by atoms with Crippen LogP contribution in [0.3, 0.4) is 0 Å². The Balaban J connectivity index is 1.28. The van der Waals surface area contributed by atoms with E-state index < -0.39 is 0 Å². The van der Waals surface area contributed by atoms with Gasteiger partial charge in [0.1, 0.15) is 0 Å². The molecule has 4 rings (SSSR count). The zero-order chi connectivity index (χ0) is 18.5. The van der Waals surface area contributed by atoms with Crippen LogP contribution in [0.15, 0.2) is 54.7 Å². The maximum absolute atomic E-state index is 12.3. The highest BCUT2D eigenvalue weighted by Gasteiger charge is 2.21. The molecule has 1 fully saturated rings. The molecule has 1 aliphatic rings. The quantitative estimate of drug-likeness (QED) is 0.615. The minimum Gasteiger partial charge on any atom is -0.385 e. The minimum atomic E-state index is 0.0627. The van der Waals surface area contributed by atoms with Crippen LogP contribution in [-0.2, 0) is 16.0 Å². The molecule has 0 aliphatic carbocycles. The zero-order valence-corrected chi connectivity index (χ0v) is 15.3. The summed E-state index contributed by atoms with van der Waals surface area (Å²) in [6.07, 6.45) is 4.64. The molecule has 0 bridgehead atoms. The third-order valence-corrected chi connectivity index (χ3v) is 5.14. The number of hydrogen-bond acceptors (Lipinski definition) is 3. The predicted molar refractivity (Wildman–Crippen MR) is 109 cm³/mol. The van der Waals surface area contributed by atoms with E-state index in [1.54, 1.807) is 0 Å². The lowest BCUT2D eigenvalue weighted by Crippen LogP contribution is -2.28. The third-order valence-electron chi connectivity index (χ3n) is 5.14. The topological polar surface area (TPSA) is 66.2 Å². The summed E-state index contributed by atoms with van der Waals surface area (Å²) in [5.74, 6) is 0.158. The summed E-state index contributed by atoms with van der Waals surface area (Å²) in [5.41, 5.74) is 4.39. The van der Waals surface area contributed by atoms with Crippen LogP contribution < -0.4 is 10.6 Å². The molecule has 27 heavy (non-hydrogen) atoms. The van der Waals surface area contributed by atoms with Gasteiger partial charge >= 0.3 is 0 Å². The molecule has 1 aromatic heterocycles. The van der Waals surface area contributed by atoms with E-state index in [-0.39, 0.29) is 11.8 Å². The molecule has 3 aromatic rings. The molecule has 1 aliphatic heterocycles. The standard InChI is InChI=1S/C22H25N3O2/c26-22(16-10-13-27-14-11-16)25-19-7-5-18(6-8-19)23-12-9-17-15-24-21-4-2-1-3-20(17)21/h1-8,15-16,23-24H,9-14H2,(H,25,26). The van der Waals surface area contributed by atoms with Gasteiger partial charge in [-0.2, -0.15) is 0 Å². The number of rotatable bonds is 6. The number of anilines is 2. The van der Waals surface area contributed by atoms with Gasteiger partial charge < -0.3 is 20.4 Å². The van der Waals surface area contributed by atoms with E-state index in [1.165, 1.54) is 16.5 Å². The van der Waals surface area contributed by atoms with Crippen LogP contribution in [-0.4, -0.2) is 30.6 Å². The van der Waals surface area contributed by atoms with Gasteiger partial charge in [-0.3, -0.25) is 4.79 Å². The van der Waals surface area contributed by atoms with Crippen LogP contribution in [0.25, 0.3) is 10.9 Å². The normalized spacial score (nSPS) is 15.0. The summed E-state index contributed by atoms with van der Waals surface area (Å²) in [6.45, 7) is 2.21. The first-order chi connectivity index (χ1) is 13.3. The van der Waals surface area contributed by atoms with Gasteiger partial charge in [-0.1, -0.05) is 18.2 Å². The number of para-hydroxylation sites is 1. The second kappa shape index (κ2) is 8.27. The molecule has 2 aromatic carbocycles. The summed E-state index contributed by atoms with van der Waals surface area (Å²) in [5, 5.41) is 7.74. The van der Waals surface area contributed by atoms with Gasteiger partial charge in [0, 0.05) is 54.2 Å².